The minimum atomic E-state index is -3.71. The summed E-state index contributed by atoms with van der Waals surface area (Å²) in [7, 11) is -2.39. The number of hydrogen-bond acceptors (Lipinski definition) is 5. The van der Waals surface area contributed by atoms with E-state index in [1.807, 2.05) is 0 Å². The third-order valence-electron chi connectivity index (χ3n) is 5.97. The van der Waals surface area contributed by atoms with Crippen molar-refractivity contribution in [3.8, 4) is 0 Å². The van der Waals surface area contributed by atoms with Crippen molar-refractivity contribution >= 4 is 27.5 Å². The van der Waals surface area contributed by atoms with Crippen LogP contribution in [0.15, 0.2) is 41.3 Å². The van der Waals surface area contributed by atoms with Gasteiger partial charge in [-0.2, -0.15) is 0 Å². The van der Waals surface area contributed by atoms with E-state index in [1.165, 1.54) is 13.1 Å². The van der Waals surface area contributed by atoms with Crippen LogP contribution < -0.4 is 10.0 Å². The molecule has 0 atom stereocenters. The molecule has 1 saturated heterocycles. The van der Waals surface area contributed by atoms with Crippen LogP contribution in [0.25, 0.3) is 0 Å². The number of likely N-dealkylation sites (tertiary alicyclic amines) is 1. The summed E-state index contributed by atoms with van der Waals surface area (Å²) in [6.07, 6.45) is 1.53. The number of aryl methyl sites for hydroxylation is 1. The molecule has 1 heterocycles. The SMILES string of the molecule is CNS(=O)(=O)c1cc(C(=O)Nc2cccc(C(=O)N3CCC(CO)CC3)c2)cc(C)c1C. The van der Waals surface area contributed by atoms with Gasteiger partial charge >= 0.3 is 0 Å². The first-order valence-electron chi connectivity index (χ1n) is 10.5. The highest BCUT2D eigenvalue weighted by atomic mass is 32.2. The van der Waals surface area contributed by atoms with Crippen molar-refractivity contribution in [2.45, 2.75) is 31.6 Å². The molecule has 172 valence electrons. The van der Waals surface area contributed by atoms with Crippen molar-refractivity contribution in [2.24, 2.45) is 5.92 Å². The lowest BCUT2D eigenvalue weighted by atomic mass is 9.97. The maximum absolute atomic E-state index is 12.9. The van der Waals surface area contributed by atoms with Gasteiger partial charge in [0.2, 0.25) is 10.0 Å². The Morgan fingerprint density at radius 2 is 1.78 bits per heavy atom. The molecule has 3 rings (SSSR count). The highest BCUT2D eigenvalue weighted by Gasteiger charge is 2.24. The monoisotopic (exact) mass is 459 g/mol. The fourth-order valence-corrected chi connectivity index (χ4v) is 4.85. The molecule has 0 saturated carbocycles. The number of aliphatic hydroxyl groups is 1. The first kappa shape index (κ1) is 23.9. The quantitative estimate of drug-likeness (QED) is 0.613. The number of anilines is 1. The van der Waals surface area contributed by atoms with Crippen LogP contribution in [0.3, 0.4) is 0 Å². The summed E-state index contributed by atoms with van der Waals surface area (Å²) < 4.78 is 26.9. The lowest BCUT2D eigenvalue weighted by Gasteiger charge is -2.31. The summed E-state index contributed by atoms with van der Waals surface area (Å²) in [5, 5.41) is 12.0. The molecule has 1 aliphatic heterocycles. The second-order valence-corrected chi connectivity index (χ2v) is 9.93. The molecule has 1 fully saturated rings. The van der Waals surface area contributed by atoms with E-state index in [2.05, 4.69) is 10.0 Å². The number of sulfonamides is 1. The fraction of sp³-hybridized carbons (Fsp3) is 0.391. The van der Waals surface area contributed by atoms with Gasteiger partial charge in [-0.05, 0) is 81.1 Å². The van der Waals surface area contributed by atoms with E-state index < -0.39 is 15.9 Å². The van der Waals surface area contributed by atoms with Gasteiger partial charge < -0.3 is 15.3 Å². The first-order valence-corrected chi connectivity index (χ1v) is 12.0. The van der Waals surface area contributed by atoms with Gasteiger partial charge in [-0.25, -0.2) is 13.1 Å². The number of aliphatic hydroxyl groups excluding tert-OH is 1. The van der Waals surface area contributed by atoms with Crippen molar-refractivity contribution in [2.75, 3.05) is 32.1 Å². The Hall–Kier alpha value is -2.75. The smallest absolute Gasteiger partial charge is 0.255 e. The molecule has 0 bridgehead atoms. The number of hydrogen-bond donors (Lipinski definition) is 3. The zero-order valence-electron chi connectivity index (χ0n) is 18.5. The van der Waals surface area contributed by atoms with E-state index in [0.717, 1.165) is 12.8 Å². The number of rotatable bonds is 6. The van der Waals surface area contributed by atoms with Gasteiger partial charge in [0.15, 0.2) is 0 Å². The van der Waals surface area contributed by atoms with Crippen LogP contribution in [0.4, 0.5) is 5.69 Å². The van der Waals surface area contributed by atoms with Gasteiger partial charge in [0, 0.05) is 36.5 Å². The van der Waals surface area contributed by atoms with E-state index in [4.69, 9.17) is 0 Å². The van der Waals surface area contributed by atoms with Crippen LogP contribution in [0.5, 0.6) is 0 Å². The highest BCUT2D eigenvalue weighted by Crippen LogP contribution is 2.23. The average Bonchev–Trinajstić information content (AvgIpc) is 2.80. The second kappa shape index (κ2) is 9.81. The molecule has 3 N–H and O–H groups in total. The molecule has 0 radical (unpaired) electrons. The maximum Gasteiger partial charge on any atom is 0.255 e. The van der Waals surface area contributed by atoms with Crippen LogP contribution in [0, 0.1) is 19.8 Å². The van der Waals surface area contributed by atoms with E-state index in [9.17, 15) is 23.1 Å². The number of amides is 2. The number of carbonyl (C=O) groups excluding carboxylic acids is 2. The summed E-state index contributed by atoms with van der Waals surface area (Å²) in [6, 6.07) is 9.68. The van der Waals surface area contributed by atoms with Crippen molar-refractivity contribution in [1.82, 2.24) is 9.62 Å². The molecule has 0 aliphatic carbocycles. The van der Waals surface area contributed by atoms with Crippen LogP contribution in [0.1, 0.15) is 44.7 Å². The van der Waals surface area contributed by atoms with Gasteiger partial charge in [0.05, 0.1) is 4.90 Å². The summed E-state index contributed by atoms with van der Waals surface area (Å²) in [5.74, 6) is -0.348. The van der Waals surface area contributed by atoms with E-state index in [-0.39, 0.29) is 28.9 Å². The normalized spacial score (nSPS) is 14.9. The summed E-state index contributed by atoms with van der Waals surface area (Å²) >= 11 is 0. The van der Waals surface area contributed by atoms with Crippen LogP contribution in [-0.2, 0) is 10.0 Å². The van der Waals surface area contributed by atoms with Crippen molar-refractivity contribution < 1.29 is 23.1 Å². The van der Waals surface area contributed by atoms with Gasteiger partial charge in [-0.3, -0.25) is 9.59 Å². The van der Waals surface area contributed by atoms with E-state index in [1.54, 1.807) is 49.1 Å². The van der Waals surface area contributed by atoms with Gasteiger partial charge in [-0.1, -0.05) is 6.07 Å². The van der Waals surface area contributed by atoms with Gasteiger partial charge in [0.1, 0.15) is 0 Å². The largest absolute Gasteiger partial charge is 0.396 e. The standard InChI is InChI=1S/C23H29N3O5S/c1-15-11-19(13-21(16(15)2)32(30,31)24-3)22(28)25-20-6-4-5-18(12-20)23(29)26-9-7-17(14-27)8-10-26/h4-6,11-13,17,24,27H,7-10,14H2,1-3H3,(H,25,28). The molecule has 0 unspecified atom stereocenters. The summed E-state index contributed by atoms with van der Waals surface area (Å²) in [5.41, 5.74) is 2.38. The van der Waals surface area contributed by atoms with E-state index >= 15 is 0 Å². The van der Waals surface area contributed by atoms with Crippen LogP contribution >= 0.6 is 0 Å². The molecule has 2 aromatic rings. The fourth-order valence-electron chi connectivity index (χ4n) is 3.78. The molecule has 32 heavy (non-hydrogen) atoms. The zero-order chi connectivity index (χ0) is 23.5. The molecule has 1 aliphatic rings. The number of benzene rings is 2. The Balaban J connectivity index is 1.79. The maximum atomic E-state index is 12.9. The van der Waals surface area contributed by atoms with Crippen LogP contribution in [-0.4, -0.2) is 57.0 Å². The minimum Gasteiger partial charge on any atom is -0.396 e. The zero-order valence-corrected chi connectivity index (χ0v) is 19.3. The Bertz CT molecular complexity index is 1120. The Labute approximate surface area is 188 Å². The third kappa shape index (κ3) is 5.17. The summed E-state index contributed by atoms with van der Waals surface area (Å²) in [4.78, 5) is 27.5. The number of nitrogens with one attached hydrogen (secondary N) is 2. The number of nitrogens with zero attached hydrogens (tertiary/aromatic N) is 1. The molecule has 0 aromatic heterocycles. The highest BCUT2D eigenvalue weighted by molar-refractivity contribution is 7.89. The van der Waals surface area contributed by atoms with Crippen molar-refractivity contribution in [3.63, 3.8) is 0 Å². The van der Waals surface area contributed by atoms with E-state index in [0.29, 0.717) is 35.5 Å². The molecule has 8 nitrogen and oxygen atoms in total. The minimum absolute atomic E-state index is 0.0559. The first-order chi connectivity index (χ1) is 15.2. The topological polar surface area (TPSA) is 116 Å². The predicted molar refractivity (Wildman–Crippen MR) is 122 cm³/mol. The number of piperidine rings is 1. The summed E-state index contributed by atoms with van der Waals surface area (Å²) in [6.45, 7) is 4.76. The van der Waals surface area contributed by atoms with Gasteiger partial charge in [0.25, 0.3) is 11.8 Å². The second-order valence-electron chi connectivity index (χ2n) is 8.08. The molecule has 2 amide bonds. The Morgan fingerprint density at radius 3 is 2.41 bits per heavy atom. The predicted octanol–water partition coefficient (Wildman–Crippen LogP) is 2.31. The lowest BCUT2D eigenvalue weighted by Crippen LogP contribution is -2.39. The molecule has 0 spiro atoms. The lowest BCUT2D eigenvalue weighted by molar-refractivity contribution is 0.0650. The number of carbonyl (C=O) groups is 2. The molecular weight excluding hydrogens is 430 g/mol. The molecule has 2 aromatic carbocycles. The molecule has 9 heteroatoms. The van der Waals surface area contributed by atoms with Gasteiger partial charge in [-0.15, -0.1) is 0 Å². The van der Waals surface area contributed by atoms with Crippen molar-refractivity contribution in [1.29, 1.82) is 0 Å². The molecular formula is C23H29N3O5S. The Kier molecular flexibility index (Phi) is 7.33. The average molecular weight is 460 g/mol. The van der Waals surface area contributed by atoms with Crippen molar-refractivity contribution in [3.05, 3.63) is 58.7 Å². The third-order valence-corrected chi connectivity index (χ3v) is 7.51. The van der Waals surface area contributed by atoms with Crippen LogP contribution in [0.2, 0.25) is 0 Å². The Morgan fingerprint density at radius 1 is 1.09 bits per heavy atom.